The van der Waals surface area contributed by atoms with E-state index in [4.69, 9.17) is 4.74 Å². The van der Waals surface area contributed by atoms with Gasteiger partial charge in [-0.05, 0) is 30.7 Å². The second-order valence-electron chi connectivity index (χ2n) is 5.51. The number of piperazine rings is 1. The molecule has 0 radical (unpaired) electrons. The number of carbonyl (C=O) groups is 2. The molecule has 0 aliphatic carbocycles. The van der Waals surface area contributed by atoms with Crippen LogP contribution >= 0.6 is 0 Å². The standard InChI is InChI=1S/C17H24N2O3/c1-3-4-5-16(20)18-10-12-19(13-11-18)17(21)14-6-8-15(22-2)9-7-14/h6-9H,3-5,10-13H2,1-2H3. The normalized spacial score (nSPS) is 14.8. The van der Waals surface area contributed by atoms with Gasteiger partial charge >= 0.3 is 0 Å². The molecule has 1 saturated heterocycles. The Morgan fingerprint density at radius 3 is 2.18 bits per heavy atom. The highest BCUT2D eigenvalue weighted by Crippen LogP contribution is 2.14. The maximum Gasteiger partial charge on any atom is 0.253 e. The first-order valence-electron chi connectivity index (χ1n) is 7.86. The summed E-state index contributed by atoms with van der Waals surface area (Å²) < 4.78 is 5.10. The van der Waals surface area contributed by atoms with Crippen molar-refractivity contribution in [3.05, 3.63) is 29.8 Å². The summed E-state index contributed by atoms with van der Waals surface area (Å²) in [6.45, 7) is 4.54. The van der Waals surface area contributed by atoms with Gasteiger partial charge in [-0.2, -0.15) is 0 Å². The summed E-state index contributed by atoms with van der Waals surface area (Å²) in [5.74, 6) is 0.963. The summed E-state index contributed by atoms with van der Waals surface area (Å²) in [4.78, 5) is 28.1. The molecule has 2 amide bonds. The lowest BCUT2D eigenvalue weighted by atomic mass is 10.1. The summed E-state index contributed by atoms with van der Waals surface area (Å²) in [6.07, 6.45) is 2.58. The fraction of sp³-hybridized carbons (Fsp3) is 0.529. The molecule has 22 heavy (non-hydrogen) atoms. The molecule has 0 saturated carbocycles. The molecule has 0 unspecified atom stereocenters. The molecule has 1 aliphatic heterocycles. The second-order valence-corrected chi connectivity index (χ2v) is 5.51. The first kappa shape index (κ1) is 16.3. The number of nitrogens with zero attached hydrogens (tertiary/aromatic N) is 2. The highest BCUT2D eigenvalue weighted by atomic mass is 16.5. The van der Waals surface area contributed by atoms with E-state index >= 15 is 0 Å². The Balaban J connectivity index is 1.87. The fourth-order valence-corrected chi connectivity index (χ4v) is 2.56. The maximum atomic E-state index is 12.4. The van der Waals surface area contributed by atoms with Gasteiger partial charge in [0.25, 0.3) is 5.91 Å². The Hall–Kier alpha value is -2.04. The van der Waals surface area contributed by atoms with E-state index < -0.39 is 0 Å². The second kappa shape index (κ2) is 7.82. The van der Waals surface area contributed by atoms with E-state index in [1.165, 1.54) is 0 Å². The van der Waals surface area contributed by atoms with Gasteiger partial charge in [-0.25, -0.2) is 0 Å². The van der Waals surface area contributed by atoms with E-state index in [-0.39, 0.29) is 11.8 Å². The highest BCUT2D eigenvalue weighted by molar-refractivity contribution is 5.94. The molecular weight excluding hydrogens is 280 g/mol. The fourth-order valence-electron chi connectivity index (χ4n) is 2.56. The van der Waals surface area contributed by atoms with Gasteiger partial charge in [-0.15, -0.1) is 0 Å². The van der Waals surface area contributed by atoms with Gasteiger partial charge < -0.3 is 14.5 Å². The summed E-state index contributed by atoms with van der Waals surface area (Å²) >= 11 is 0. The summed E-state index contributed by atoms with van der Waals surface area (Å²) in [5.41, 5.74) is 0.659. The lowest BCUT2D eigenvalue weighted by Gasteiger charge is -2.35. The van der Waals surface area contributed by atoms with Gasteiger partial charge in [-0.1, -0.05) is 13.3 Å². The van der Waals surface area contributed by atoms with E-state index in [0.717, 1.165) is 18.6 Å². The Labute approximate surface area is 131 Å². The van der Waals surface area contributed by atoms with E-state index in [1.807, 2.05) is 9.80 Å². The van der Waals surface area contributed by atoms with Crippen molar-refractivity contribution >= 4 is 11.8 Å². The lowest BCUT2D eigenvalue weighted by Crippen LogP contribution is -2.50. The van der Waals surface area contributed by atoms with Crippen molar-refractivity contribution in [1.29, 1.82) is 0 Å². The van der Waals surface area contributed by atoms with Crippen molar-refractivity contribution in [2.45, 2.75) is 26.2 Å². The molecule has 0 bridgehead atoms. The minimum Gasteiger partial charge on any atom is -0.497 e. The molecule has 1 aromatic rings. The number of unbranched alkanes of at least 4 members (excludes halogenated alkanes) is 1. The predicted octanol–water partition coefficient (Wildman–Crippen LogP) is 2.17. The highest BCUT2D eigenvalue weighted by Gasteiger charge is 2.24. The van der Waals surface area contributed by atoms with Gasteiger partial charge in [0.15, 0.2) is 0 Å². The number of hydrogen-bond acceptors (Lipinski definition) is 3. The molecule has 1 heterocycles. The topological polar surface area (TPSA) is 49.9 Å². The van der Waals surface area contributed by atoms with Crippen molar-refractivity contribution in [1.82, 2.24) is 9.80 Å². The number of carbonyl (C=O) groups excluding carboxylic acids is 2. The van der Waals surface area contributed by atoms with Crippen molar-refractivity contribution in [2.24, 2.45) is 0 Å². The summed E-state index contributed by atoms with van der Waals surface area (Å²) in [6, 6.07) is 7.13. The number of ether oxygens (including phenoxy) is 1. The van der Waals surface area contributed by atoms with Gasteiger partial charge in [0.05, 0.1) is 7.11 Å². The molecule has 5 nitrogen and oxygen atoms in total. The minimum absolute atomic E-state index is 0.0170. The zero-order valence-corrected chi connectivity index (χ0v) is 13.4. The van der Waals surface area contributed by atoms with Crippen LogP contribution in [-0.4, -0.2) is 54.9 Å². The summed E-state index contributed by atoms with van der Waals surface area (Å²) in [5, 5.41) is 0. The van der Waals surface area contributed by atoms with Crippen LogP contribution in [0.15, 0.2) is 24.3 Å². The van der Waals surface area contributed by atoms with Crippen LogP contribution in [0.4, 0.5) is 0 Å². The number of hydrogen-bond donors (Lipinski definition) is 0. The van der Waals surface area contributed by atoms with Crippen LogP contribution < -0.4 is 4.74 Å². The third-order valence-electron chi connectivity index (χ3n) is 4.00. The minimum atomic E-state index is 0.0170. The average molecular weight is 304 g/mol. The van der Waals surface area contributed by atoms with Crippen LogP contribution in [0.5, 0.6) is 5.75 Å². The molecule has 0 spiro atoms. The smallest absolute Gasteiger partial charge is 0.253 e. The molecule has 0 N–H and O–H groups in total. The largest absolute Gasteiger partial charge is 0.497 e. The molecule has 120 valence electrons. The molecule has 5 heteroatoms. The van der Waals surface area contributed by atoms with Crippen molar-refractivity contribution in [3.63, 3.8) is 0 Å². The van der Waals surface area contributed by atoms with Gasteiger partial charge in [-0.3, -0.25) is 9.59 Å². The van der Waals surface area contributed by atoms with E-state index in [2.05, 4.69) is 6.92 Å². The third kappa shape index (κ3) is 4.00. The molecule has 1 fully saturated rings. The van der Waals surface area contributed by atoms with Crippen LogP contribution in [0.1, 0.15) is 36.5 Å². The van der Waals surface area contributed by atoms with Crippen LogP contribution in [0.3, 0.4) is 0 Å². The molecular formula is C17H24N2O3. The summed E-state index contributed by atoms with van der Waals surface area (Å²) in [7, 11) is 1.60. The van der Waals surface area contributed by atoms with Crippen LogP contribution in [0, 0.1) is 0 Å². The molecule has 2 rings (SSSR count). The van der Waals surface area contributed by atoms with Crippen LogP contribution in [0.25, 0.3) is 0 Å². The molecule has 1 aliphatic rings. The first-order chi connectivity index (χ1) is 10.7. The molecule has 0 aromatic heterocycles. The number of rotatable bonds is 5. The van der Waals surface area contributed by atoms with Crippen LogP contribution in [0.2, 0.25) is 0 Å². The Morgan fingerprint density at radius 2 is 1.64 bits per heavy atom. The Morgan fingerprint density at radius 1 is 1.05 bits per heavy atom. The third-order valence-corrected chi connectivity index (χ3v) is 4.00. The lowest BCUT2D eigenvalue weighted by molar-refractivity contribution is -0.132. The maximum absolute atomic E-state index is 12.4. The van der Waals surface area contributed by atoms with Crippen LogP contribution in [-0.2, 0) is 4.79 Å². The van der Waals surface area contributed by atoms with Gasteiger partial charge in [0, 0.05) is 38.2 Å². The number of methoxy groups -OCH3 is 1. The zero-order chi connectivity index (χ0) is 15.9. The van der Waals surface area contributed by atoms with E-state index in [0.29, 0.717) is 38.2 Å². The van der Waals surface area contributed by atoms with Crippen molar-refractivity contribution in [3.8, 4) is 5.75 Å². The van der Waals surface area contributed by atoms with Gasteiger partial charge in [0.1, 0.15) is 5.75 Å². The van der Waals surface area contributed by atoms with E-state index in [1.54, 1.807) is 31.4 Å². The monoisotopic (exact) mass is 304 g/mol. The first-order valence-corrected chi connectivity index (χ1v) is 7.86. The van der Waals surface area contributed by atoms with Crippen molar-refractivity contribution in [2.75, 3.05) is 33.3 Å². The van der Waals surface area contributed by atoms with E-state index in [9.17, 15) is 9.59 Å². The average Bonchev–Trinajstić information content (AvgIpc) is 2.59. The molecule has 1 aromatic carbocycles. The Kier molecular flexibility index (Phi) is 5.81. The Bertz CT molecular complexity index is 505. The van der Waals surface area contributed by atoms with Crippen molar-refractivity contribution < 1.29 is 14.3 Å². The molecule has 0 atom stereocenters. The quantitative estimate of drug-likeness (QED) is 0.837. The van der Waals surface area contributed by atoms with Gasteiger partial charge in [0.2, 0.25) is 5.91 Å². The zero-order valence-electron chi connectivity index (χ0n) is 13.4. The predicted molar refractivity (Wildman–Crippen MR) is 85.0 cm³/mol. The number of benzene rings is 1. The SMILES string of the molecule is CCCCC(=O)N1CCN(C(=O)c2ccc(OC)cc2)CC1. The number of amides is 2.